The number of carbonyl (C=O) groups excluding carboxylic acids is 1. The number of allylic oxidation sites excluding steroid dienone is 2. The Kier molecular flexibility index (Phi) is 7.49. The Balaban J connectivity index is 1.78. The van der Waals surface area contributed by atoms with E-state index in [1.165, 1.54) is 11.3 Å². The molecule has 0 bridgehead atoms. The number of para-hydroxylation sites is 1. The number of rotatable bonds is 8. The van der Waals surface area contributed by atoms with Gasteiger partial charge in [0.2, 0.25) is 0 Å². The number of fused-ring (bicyclic) bond motifs is 2. The number of nitrogens with zero attached hydrogens (tertiary/aromatic N) is 3. The lowest BCUT2D eigenvalue weighted by atomic mass is 9.95. The van der Waals surface area contributed by atoms with Gasteiger partial charge in [0.1, 0.15) is 0 Å². The van der Waals surface area contributed by atoms with E-state index in [0.717, 1.165) is 22.2 Å². The van der Waals surface area contributed by atoms with Crippen LogP contribution in [0.25, 0.3) is 17.0 Å². The average Bonchev–Trinajstić information content (AvgIpc) is 3.40. The number of carbonyl (C=O) groups is 1. The predicted octanol–water partition coefficient (Wildman–Crippen LogP) is 4.26. The molecule has 0 amide bonds. The quantitative estimate of drug-likeness (QED) is 0.239. The number of benzene rings is 2. The minimum atomic E-state index is -0.750. The highest BCUT2D eigenvalue weighted by Gasteiger charge is 2.34. The van der Waals surface area contributed by atoms with Gasteiger partial charge >= 0.3 is 5.97 Å². The van der Waals surface area contributed by atoms with Crippen molar-refractivity contribution in [3.8, 4) is 11.5 Å². The van der Waals surface area contributed by atoms with Crippen LogP contribution in [0.3, 0.4) is 0 Å². The number of hydrogen-bond acceptors (Lipinski definition) is 7. The van der Waals surface area contributed by atoms with Crippen LogP contribution in [0, 0.1) is 6.92 Å². The van der Waals surface area contributed by atoms with E-state index < -0.39 is 12.0 Å². The van der Waals surface area contributed by atoms with Gasteiger partial charge in [-0.2, -0.15) is 0 Å². The second-order valence-electron chi connectivity index (χ2n) is 9.33. The zero-order chi connectivity index (χ0) is 28.6. The highest BCUT2D eigenvalue weighted by Crippen LogP contribution is 2.36. The van der Waals surface area contributed by atoms with Crippen LogP contribution in [0.15, 0.2) is 76.2 Å². The minimum Gasteiger partial charge on any atom is -0.493 e. The lowest BCUT2D eigenvalue weighted by Gasteiger charge is -2.25. The van der Waals surface area contributed by atoms with Crippen molar-refractivity contribution in [3.05, 3.63) is 103 Å². The molecule has 2 aromatic carbocycles. The average molecular weight is 558 g/mol. The molecule has 0 radical (unpaired) electrons. The van der Waals surface area contributed by atoms with Crippen LogP contribution in [-0.2, 0) is 16.1 Å². The van der Waals surface area contributed by atoms with Crippen molar-refractivity contribution in [1.82, 2.24) is 9.13 Å². The molecule has 0 N–H and O–H groups in total. The molecule has 0 fully saturated rings. The summed E-state index contributed by atoms with van der Waals surface area (Å²) in [6, 6.07) is 12.7. The zero-order valence-electron chi connectivity index (χ0n) is 23.2. The molecule has 1 atom stereocenters. The maximum Gasteiger partial charge on any atom is 0.338 e. The van der Waals surface area contributed by atoms with E-state index >= 15 is 0 Å². The van der Waals surface area contributed by atoms with Crippen molar-refractivity contribution in [2.45, 2.75) is 33.4 Å². The van der Waals surface area contributed by atoms with Crippen molar-refractivity contribution < 1.29 is 19.0 Å². The Hall–Kier alpha value is -4.37. The van der Waals surface area contributed by atoms with Crippen LogP contribution in [0.2, 0.25) is 0 Å². The molecule has 1 aliphatic heterocycles. The van der Waals surface area contributed by atoms with Crippen molar-refractivity contribution in [2.75, 3.05) is 20.8 Å². The highest BCUT2D eigenvalue weighted by atomic mass is 32.1. The van der Waals surface area contributed by atoms with E-state index in [1.807, 2.05) is 37.3 Å². The maximum atomic E-state index is 14.1. The fourth-order valence-corrected chi connectivity index (χ4v) is 6.29. The van der Waals surface area contributed by atoms with Crippen molar-refractivity contribution in [1.29, 1.82) is 0 Å². The third kappa shape index (κ3) is 4.46. The molecule has 0 unspecified atom stereocenters. The lowest BCUT2D eigenvalue weighted by molar-refractivity contribution is -0.139. The monoisotopic (exact) mass is 557 g/mol. The second-order valence-corrected chi connectivity index (χ2v) is 10.3. The number of esters is 1. The van der Waals surface area contributed by atoms with E-state index in [1.54, 1.807) is 44.8 Å². The minimum absolute atomic E-state index is 0.201. The standard InChI is InChI=1S/C31H31N3O5S/c1-7-15-33-19(4)22(21-11-9-10-12-23(21)33)17-26-29(35)34-28(20-13-14-24(37-5)25(16-20)38-6)27(30(36)39-8-2)18(3)32-31(34)40-26/h7,9-14,16-17,28H,1,8,15H2,2-6H3/b26-17-/t28-/m0/s1. The first-order valence-electron chi connectivity index (χ1n) is 12.9. The zero-order valence-corrected chi connectivity index (χ0v) is 24.0. The Morgan fingerprint density at radius 1 is 1.12 bits per heavy atom. The molecule has 2 aromatic heterocycles. The van der Waals surface area contributed by atoms with Crippen molar-refractivity contribution >= 4 is 34.3 Å². The summed E-state index contributed by atoms with van der Waals surface area (Å²) in [4.78, 5) is 32.5. The van der Waals surface area contributed by atoms with Gasteiger partial charge in [-0.3, -0.25) is 9.36 Å². The lowest BCUT2D eigenvalue weighted by Crippen LogP contribution is -2.40. The first-order chi connectivity index (χ1) is 19.3. The molecule has 8 nitrogen and oxygen atoms in total. The predicted molar refractivity (Wildman–Crippen MR) is 157 cm³/mol. The number of ether oxygens (including phenoxy) is 3. The van der Waals surface area contributed by atoms with E-state index in [9.17, 15) is 9.59 Å². The fraction of sp³-hybridized carbons (Fsp3) is 0.258. The summed E-state index contributed by atoms with van der Waals surface area (Å²) in [5, 5.41) is 1.05. The van der Waals surface area contributed by atoms with Crippen LogP contribution < -0.4 is 24.4 Å². The number of thiazole rings is 1. The first-order valence-corrected chi connectivity index (χ1v) is 13.8. The van der Waals surface area contributed by atoms with Gasteiger partial charge in [-0.25, -0.2) is 9.79 Å². The molecule has 1 aliphatic rings. The maximum absolute atomic E-state index is 14.1. The van der Waals surface area contributed by atoms with Crippen LogP contribution in [0.4, 0.5) is 0 Å². The second kappa shape index (κ2) is 11.0. The molecule has 3 heterocycles. The molecule has 0 aliphatic carbocycles. The Bertz CT molecular complexity index is 1860. The smallest absolute Gasteiger partial charge is 0.338 e. The van der Waals surface area contributed by atoms with Gasteiger partial charge in [0, 0.05) is 28.7 Å². The molecule has 0 saturated carbocycles. The van der Waals surface area contributed by atoms with E-state index in [2.05, 4.69) is 23.3 Å². The van der Waals surface area contributed by atoms with Crippen LogP contribution in [-0.4, -0.2) is 35.9 Å². The summed E-state index contributed by atoms with van der Waals surface area (Å²) < 4.78 is 20.6. The summed E-state index contributed by atoms with van der Waals surface area (Å²) in [6.45, 7) is 10.3. The largest absolute Gasteiger partial charge is 0.493 e. The summed E-state index contributed by atoms with van der Waals surface area (Å²) >= 11 is 1.30. The third-order valence-electron chi connectivity index (χ3n) is 7.11. The molecule has 4 aromatic rings. The van der Waals surface area contributed by atoms with E-state index in [4.69, 9.17) is 19.2 Å². The SMILES string of the molecule is C=CCn1c(C)c(/C=c2\sc3n(c2=O)[C@@H](c2ccc(OC)c(OC)c2)C(C(=O)OCC)=C(C)N=3)c2ccccc21. The molecule has 206 valence electrons. The van der Waals surface area contributed by atoms with Gasteiger partial charge in [0.25, 0.3) is 5.56 Å². The normalized spacial score (nSPS) is 15.1. The summed E-state index contributed by atoms with van der Waals surface area (Å²) in [6.07, 6.45) is 3.79. The Morgan fingerprint density at radius 2 is 1.88 bits per heavy atom. The van der Waals surface area contributed by atoms with Gasteiger partial charge in [-0.1, -0.05) is 41.7 Å². The van der Waals surface area contributed by atoms with Gasteiger partial charge in [0.05, 0.1) is 42.7 Å². The number of hydrogen-bond donors (Lipinski definition) is 0. The molecule has 0 spiro atoms. The van der Waals surface area contributed by atoms with Gasteiger partial charge in [-0.05, 0) is 50.6 Å². The molecule has 5 rings (SSSR count). The van der Waals surface area contributed by atoms with Crippen molar-refractivity contribution in [3.63, 3.8) is 0 Å². The van der Waals surface area contributed by atoms with Crippen molar-refractivity contribution in [2.24, 2.45) is 4.99 Å². The van der Waals surface area contributed by atoms with Crippen LogP contribution in [0.5, 0.6) is 11.5 Å². The molecule has 40 heavy (non-hydrogen) atoms. The first kappa shape index (κ1) is 27.2. The van der Waals surface area contributed by atoms with Gasteiger partial charge < -0.3 is 18.8 Å². The number of methoxy groups -OCH3 is 2. The van der Waals surface area contributed by atoms with Gasteiger partial charge in [0.15, 0.2) is 16.3 Å². The summed E-state index contributed by atoms with van der Waals surface area (Å²) in [5.41, 5.74) is 4.33. The Labute approximate surface area is 235 Å². The molecule has 0 saturated heterocycles. The summed E-state index contributed by atoms with van der Waals surface area (Å²) in [7, 11) is 3.11. The molecular weight excluding hydrogens is 526 g/mol. The van der Waals surface area contributed by atoms with E-state index in [-0.39, 0.29) is 12.2 Å². The van der Waals surface area contributed by atoms with Crippen LogP contribution in [0.1, 0.15) is 36.7 Å². The van der Waals surface area contributed by atoms with Crippen LogP contribution >= 0.6 is 11.3 Å². The number of aromatic nitrogens is 2. The van der Waals surface area contributed by atoms with E-state index in [0.29, 0.717) is 44.2 Å². The summed E-state index contributed by atoms with van der Waals surface area (Å²) in [5.74, 6) is 0.523. The third-order valence-corrected chi connectivity index (χ3v) is 8.09. The Morgan fingerprint density at radius 3 is 2.58 bits per heavy atom. The molecule has 9 heteroatoms. The topological polar surface area (TPSA) is 84.0 Å². The highest BCUT2D eigenvalue weighted by molar-refractivity contribution is 7.07. The fourth-order valence-electron chi connectivity index (χ4n) is 5.27. The molecular formula is C31H31N3O5S. The van der Waals surface area contributed by atoms with Gasteiger partial charge in [-0.15, -0.1) is 6.58 Å².